The number of aromatic nitrogens is 2. The number of methoxy groups -OCH3 is 1. The summed E-state index contributed by atoms with van der Waals surface area (Å²) in [5.41, 5.74) is 0.477. The monoisotopic (exact) mass is 806 g/mol. The van der Waals surface area contributed by atoms with Gasteiger partial charge in [-0.25, -0.2) is 23.2 Å². The number of carbonyl (C=O) groups excluding carboxylic acids is 4. The van der Waals surface area contributed by atoms with Crippen LogP contribution in [0, 0.1) is 17.8 Å². The van der Waals surface area contributed by atoms with Crippen molar-refractivity contribution in [3.63, 3.8) is 0 Å². The molecule has 4 amide bonds. The van der Waals surface area contributed by atoms with E-state index in [0.29, 0.717) is 41.9 Å². The molecule has 2 aliphatic heterocycles. The molecule has 0 radical (unpaired) electrons. The molecule has 0 spiro atoms. The van der Waals surface area contributed by atoms with E-state index in [1.54, 1.807) is 13.2 Å². The Balaban J connectivity index is 1.13. The Kier molecular flexibility index (Phi) is 11.1. The van der Waals surface area contributed by atoms with Crippen LogP contribution in [0.25, 0.3) is 11.0 Å². The predicted octanol–water partition coefficient (Wildman–Crippen LogP) is 4.23. The molecule has 308 valence electrons. The van der Waals surface area contributed by atoms with Crippen molar-refractivity contribution in [2.75, 3.05) is 13.7 Å². The van der Waals surface area contributed by atoms with Crippen molar-refractivity contribution < 1.29 is 41.8 Å². The number of amides is 4. The summed E-state index contributed by atoms with van der Waals surface area (Å²) in [7, 11) is -2.35. The van der Waals surface area contributed by atoms with E-state index in [0.717, 1.165) is 76.3 Å². The number of hydrogen-bond donors (Lipinski definition) is 3. The third-order valence-electron chi connectivity index (χ3n) is 13.0. The molecular formula is C41H54N6O9S. The smallest absolute Gasteiger partial charge is 0.408 e. The SMILES string of the molecule is C=C[C@@H]1C[C@]1(NC(=O)[C@@H]1C[C@@H]2CN1C(=O)[C@H](C1CCCC1)NC(=O)O[C@@H]1CCCC1CCCCCc1nc3ccc(OC)nc3cc1O2)C(=O)NS(=O)(=O)C1CC1. The first-order valence-corrected chi connectivity index (χ1v) is 22.3. The quantitative estimate of drug-likeness (QED) is 0.323. The lowest BCUT2D eigenvalue weighted by Crippen LogP contribution is -2.59. The van der Waals surface area contributed by atoms with E-state index in [4.69, 9.17) is 19.2 Å². The van der Waals surface area contributed by atoms with Gasteiger partial charge in [0, 0.05) is 24.5 Å². The number of alkyl carbamates (subject to hydrolysis) is 1. The van der Waals surface area contributed by atoms with Gasteiger partial charge in [-0.15, -0.1) is 6.58 Å². The Bertz CT molecular complexity index is 2020. The van der Waals surface area contributed by atoms with Gasteiger partial charge in [-0.3, -0.25) is 19.1 Å². The summed E-state index contributed by atoms with van der Waals surface area (Å²) in [6.07, 6.45) is 11.5. The highest BCUT2D eigenvalue weighted by Crippen LogP contribution is 2.46. The van der Waals surface area contributed by atoms with Crippen molar-refractivity contribution in [1.82, 2.24) is 30.2 Å². The second kappa shape index (κ2) is 16.1. The second-order valence-corrected chi connectivity index (χ2v) is 18.9. The molecule has 3 N–H and O–H groups in total. The van der Waals surface area contributed by atoms with Gasteiger partial charge in [-0.05, 0) is 88.5 Å². The van der Waals surface area contributed by atoms with Crippen LogP contribution in [0.5, 0.6) is 11.6 Å². The maximum Gasteiger partial charge on any atom is 0.408 e. The van der Waals surface area contributed by atoms with Crippen LogP contribution in [0.15, 0.2) is 30.9 Å². The Morgan fingerprint density at radius 1 is 0.965 bits per heavy atom. The summed E-state index contributed by atoms with van der Waals surface area (Å²) in [6, 6.07) is 3.41. The number of rotatable bonds is 8. The third kappa shape index (κ3) is 8.28. The zero-order valence-electron chi connectivity index (χ0n) is 32.6. The number of fused-ring (bicyclic) bond motifs is 5. The van der Waals surface area contributed by atoms with Crippen molar-refractivity contribution in [1.29, 1.82) is 0 Å². The first kappa shape index (κ1) is 39.4. The molecule has 4 heterocycles. The predicted molar refractivity (Wildman–Crippen MR) is 209 cm³/mol. The van der Waals surface area contributed by atoms with E-state index in [1.165, 1.54) is 11.0 Å². The first-order valence-electron chi connectivity index (χ1n) is 20.8. The molecule has 1 unspecified atom stereocenters. The molecule has 6 aliphatic rings. The van der Waals surface area contributed by atoms with Crippen LogP contribution in [-0.4, -0.2) is 95.8 Å². The lowest BCUT2D eigenvalue weighted by Gasteiger charge is -2.32. The fourth-order valence-electron chi connectivity index (χ4n) is 9.54. The van der Waals surface area contributed by atoms with E-state index in [-0.39, 0.29) is 37.3 Å². The molecule has 16 heteroatoms. The minimum atomic E-state index is -3.90. The summed E-state index contributed by atoms with van der Waals surface area (Å²) < 4.78 is 45.9. The molecule has 15 nitrogen and oxygen atoms in total. The van der Waals surface area contributed by atoms with Gasteiger partial charge in [0.1, 0.15) is 35.6 Å². The third-order valence-corrected chi connectivity index (χ3v) is 14.9. The van der Waals surface area contributed by atoms with E-state index in [1.807, 2.05) is 12.1 Å². The van der Waals surface area contributed by atoms with Gasteiger partial charge in [0.25, 0.3) is 5.91 Å². The summed E-state index contributed by atoms with van der Waals surface area (Å²) in [5.74, 6) is -1.36. The lowest BCUT2D eigenvalue weighted by atomic mass is 9.96. The maximum absolute atomic E-state index is 14.9. The molecule has 8 rings (SSSR count). The molecule has 2 aromatic heterocycles. The molecule has 1 saturated heterocycles. The molecule has 5 fully saturated rings. The number of nitrogens with one attached hydrogen (secondary N) is 3. The van der Waals surface area contributed by atoms with Crippen molar-refractivity contribution in [3.05, 3.63) is 36.5 Å². The maximum atomic E-state index is 14.9. The minimum Gasteiger partial charge on any atom is -0.486 e. The fraction of sp³-hybridized carbons (Fsp3) is 0.659. The van der Waals surface area contributed by atoms with E-state index < -0.39 is 68.7 Å². The number of sulfonamides is 1. The van der Waals surface area contributed by atoms with Gasteiger partial charge >= 0.3 is 6.09 Å². The minimum absolute atomic E-state index is 0.0186. The number of carbonyl (C=O) groups is 4. The molecular weight excluding hydrogens is 753 g/mol. The van der Waals surface area contributed by atoms with Crippen LogP contribution in [0.1, 0.15) is 102 Å². The van der Waals surface area contributed by atoms with Crippen molar-refractivity contribution in [2.45, 2.75) is 138 Å². The van der Waals surface area contributed by atoms with Crippen LogP contribution < -0.4 is 24.8 Å². The van der Waals surface area contributed by atoms with Gasteiger partial charge in [0.15, 0.2) is 0 Å². The standard InChI is InChI=1S/C41H54N6O9S/c1-3-26-22-41(26,39(50)46-57(52,53)28-16-17-28)45-37(48)32-20-27-23-47(32)38(49)36(25-11-7-8-12-25)44-40(51)56-33-15-9-13-24(33)10-5-4-6-14-30-34(55-27)21-31-29(42-30)18-19-35(43-31)54-2/h3,18-19,21,24-28,32-33,36H,1,4-17,20,22-23H2,2H3,(H,44,51)(H,45,48)(H,46,50)/t24?,26-,27-,32+,33-,36+,41-/m1/s1. The summed E-state index contributed by atoms with van der Waals surface area (Å²) in [5, 5.41) is 5.18. The van der Waals surface area contributed by atoms with E-state index in [2.05, 4.69) is 26.9 Å². The molecule has 4 aliphatic carbocycles. The van der Waals surface area contributed by atoms with Gasteiger partial charge in [-0.2, -0.15) is 0 Å². The number of ether oxygens (including phenoxy) is 3. The Hall–Kier alpha value is -4.47. The van der Waals surface area contributed by atoms with Crippen LogP contribution in [0.2, 0.25) is 0 Å². The zero-order valence-corrected chi connectivity index (χ0v) is 33.4. The second-order valence-electron chi connectivity index (χ2n) is 16.9. The number of hydrogen-bond acceptors (Lipinski definition) is 11. The molecule has 2 aromatic rings. The summed E-state index contributed by atoms with van der Waals surface area (Å²) >= 11 is 0. The fourth-order valence-corrected chi connectivity index (χ4v) is 10.9. The first-order chi connectivity index (χ1) is 27.5. The lowest BCUT2D eigenvalue weighted by molar-refractivity contribution is -0.142. The highest BCUT2D eigenvalue weighted by molar-refractivity contribution is 7.91. The van der Waals surface area contributed by atoms with Crippen molar-refractivity contribution >= 4 is 44.9 Å². The highest BCUT2D eigenvalue weighted by atomic mass is 32.2. The van der Waals surface area contributed by atoms with Gasteiger partial charge < -0.3 is 29.7 Å². The number of pyridine rings is 2. The van der Waals surface area contributed by atoms with Crippen molar-refractivity contribution in [3.8, 4) is 11.6 Å². The van der Waals surface area contributed by atoms with E-state index in [9.17, 15) is 27.6 Å². The van der Waals surface area contributed by atoms with Crippen LogP contribution in [-0.2, 0) is 35.6 Å². The van der Waals surface area contributed by atoms with Gasteiger partial charge in [-0.1, -0.05) is 31.8 Å². The Labute approximate surface area is 333 Å². The Morgan fingerprint density at radius 3 is 2.46 bits per heavy atom. The van der Waals surface area contributed by atoms with Crippen LogP contribution in [0.3, 0.4) is 0 Å². The van der Waals surface area contributed by atoms with E-state index >= 15 is 0 Å². The van der Waals surface area contributed by atoms with Crippen LogP contribution in [0.4, 0.5) is 4.79 Å². The topological polar surface area (TPSA) is 195 Å². The normalized spacial score (nSPS) is 31.1. The molecule has 2 bridgehead atoms. The molecule has 7 atom stereocenters. The largest absolute Gasteiger partial charge is 0.486 e. The molecule has 4 saturated carbocycles. The van der Waals surface area contributed by atoms with Crippen molar-refractivity contribution in [2.24, 2.45) is 17.8 Å². The van der Waals surface area contributed by atoms with Crippen LogP contribution >= 0.6 is 0 Å². The average Bonchev–Trinajstić information content (AvgIpc) is 3.98. The van der Waals surface area contributed by atoms with Gasteiger partial charge in [0.2, 0.25) is 27.7 Å². The highest BCUT2D eigenvalue weighted by Gasteiger charge is 2.62. The van der Waals surface area contributed by atoms with Gasteiger partial charge in [0.05, 0.1) is 35.6 Å². The number of nitrogens with zero attached hydrogens (tertiary/aromatic N) is 3. The zero-order chi connectivity index (χ0) is 39.9. The Morgan fingerprint density at radius 2 is 1.72 bits per heavy atom. The molecule has 57 heavy (non-hydrogen) atoms. The summed E-state index contributed by atoms with van der Waals surface area (Å²) in [6.45, 7) is 3.84. The average molecular weight is 807 g/mol. The molecule has 0 aromatic carbocycles. The summed E-state index contributed by atoms with van der Waals surface area (Å²) in [4.78, 5) is 67.6. The number of aryl methyl sites for hydroxylation is 1.